The van der Waals surface area contributed by atoms with Gasteiger partial charge in [-0.15, -0.1) is 0 Å². The third-order valence-corrected chi connectivity index (χ3v) is 2.60. The second-order valence-electron chi connectivity index (χ2n) is 4.28. The van der Waals surface area contributed by atoms with Gasteiger partial charge in [-0.1, -0.05) is 0 Å². The molecule has 1 amide bonds. The standard InChI is InChI=1S/C11H22N2O6/c12-7(6-15)1-2-10(18)13-5-9(17)11(19)8(16)3-4-14/h6-9,11,14,16-17,19H,1-5,12H2,(H,13,18). The summed E-state index contributed by atoms with van der Waals surface area (Å²) in [5.74, 6) is -0.416. The zero-order valence-electron chi connectivity index (χ0n) is 10.6. The first-order valence-corrected chi connectivity index (χ1v) is 6.05. The number of hydrogen-bond donors (Lipinski definition) is 6. The summed E-state index contributed by atoms with van der Waals surface area (Å²) < 4.78 is 0. The zero-order valence-corrected chi connectivity index (χ0v) is 10.6. The molecule has 0 radical (unpaired) electrons. The molecule has 8 heteroatoms. The van der Waals surface area contributed by atoms with Crippen LogP contribution in [0.5, 0.6) is 0 Å². The largest absolute Gasteiger partial charge is 0.396 e. The monoisotopic (exact) mass is 278 g/mol. The average molecular weight is 278 g/mol. The molecule has 0 aliphatic rings. The molecule has 8 nitrogen and oxygen atoms in total. The van der Waals surface area contributed by atoms with E-state index in [1.165, 1.54) is 0 Å². The Morgan fingerprint density at radius 3 is 2.37 bits per heavy atom. The van der Waals surface area contributed by atoms with Gasteiger partial charge in [0.1, 0.15) is 12.4 Å². The summed E-state index contributed by atoms with van der Waals surface area (Å²) in [6.07, 6.45) is -3.36. The van der Waals surface area contributed by atoms with Crippen LogP contribution in [0, 0.1) is 0 Å². The van der Waals surface area contributed by atoms with Crippen LogP contribution in [0.1, 0.15) is 19.3 Å². The highest BCUT2D eigenvalue weighted by molar-refractivity contribution is 5.76. The van der Waals surface area contributed by atoms with Gasteiger partial charge in [-0.25, -0.2) is 0 Å². The van der Waals surface area contributed by atoms with Crippen molar-refractivity contribution >= 4 is 12.2 Å². The number of amides is 1. The Balaban J connectivity index is 3.91. The first-order chi connectivity index (χ1) is 8.92. The molecule has 0 saturated carbocycles. The Kier molecular flexibility index (Phi) is 9.27. The number of carbonyl (C=O) groups is 2. The lowest BCUT2D eigenvalue weighted by atomic mass is 10.1. The van der Waals surface area contributed by atoms with E-state index in [0.717, 1.165) is 0 Å². The molecule has 0 heterocycles. The van der Waals surface area contributed by atoms with Crippen LogP contribution in [0.3, 0.4) is 0 Å². The summed E-state index contributed by atoms with van der Waals surface area (Å²) in [5, 5.41) is 39.2. The van der Waals surface area contributed by atoms with Crippen molar-refractivity contribution in [2.45, 2.75) is 43.6 Å². The second-order valence-corrected chi connectivity index (χ2v) is 4.28. The minimum Gasteiger partial charge on any atom is -0.396 e. The molecule has 4 atom stereocenters. The van der Waals surface area contributed by atoms with Crippen molar-refractivity contribution in [3.63, 3.8) is 0 Å². The molecule has 0 spiro atoms. The maximum Gasteiger partial charge on any atom is 0.220 e. The zero-order chi connectivity index (χ0) is 14.8. The fourth-order valence-corrected chi connectivity index (χ4v) is 1.35. The van der Waals surface area contributed by atoms with Gasteiger partial charge in [0.2, 0.25) is 5.91 Å². The van der Waals surface area contributed by atoms with Crippen molar-refractivity contribution in [1.82, 2.24) is 5.32 Å². The molecule has 7 N–H and O–H groups in total. The van der Waals surface area contributed by atoms with Gasteiger partial charge in [0.25, 0.3) is 0 Å². The summed E-state index contributed by atoms with van der Waals surface area (Å²) in [5.41, 5.74) is 5.30. The topological polar surface area (TPSA) is 153 Å². The van der Waals surface area contributed by atoms with Crippen LogP contribution < -0.4 is 11.1 Å². The van der Waals surface area contributed by atoms with Crippen molar-refractivity contribution in [2.24, 2.45) is 5.73 Å². The summed E-state index contributed by atoms with van der Waals surface area (Å²) in [7, 11) is 0. The Morgan fingerprint density at radius 1 is 1.21 bits per heavy atom. The van der Waals surface area contributed by atoms with Gasteiger partial charge in [-0.3, -0.25) is 4.79 Å². The van der Waals surface area contributed by atoms with Crippen LogP contribution in [0.15, 0.2) is 0 Å². The molecule has 19 heavy (non-hydrogen) atoms. The Labute approximate surface area is 111 Å². The van der Waals surface area contributed by atoms with E-state index in [-0.39, 0.29) is 32.4 Å². The van der Waals surface area contributed by atoms with E-state index in [2.05, 4.69) is 5.32 Å². The number of aldehydes is 1. The van der Waals surface area contributed by atoms with Crippen LogP contribution in [-0.2, 0) is 9.59 Å². The summed E-state index contributed by atoms with van der Waals surface area (Å²) >= 11 is 0. The molecule has 0 fully saturated rings. The summed E-state index contributed by atoms with van der Waals surface area (Å²) in [6, 6.07) is -0.701. The third-order valence-electron chi connectivity index (χ3n) is 2.60. The SMILES string of the molecule is NC(C=O)CCC(=O)NCC(O)C(O)C(O)CCO. The normalized spacial score (nSPS) is 17.3. The van der Waals surface area contributed by atoms with E-state index in [1.807, 2.05) is 0 Å². The summed E-state index contributed by atoms with van der Waals surface area (Å²) in [4.78, 5) is 21.5. The number of aliphatic hydroxyl groups excluding tert-OH is 4. The van der Waals surface area contributed by atoms with Crippen LogP contribution in [0.25, 0.3) is 0 Å². The molecular formula is C11H22N2O6. The first-order valence-electron chi connectivity index (χ1n) is 6.05. The van der Waals surface area contributed by atoms with E-state index in [1.54, 1.807) is 0 Å². The summed E-state index contributed by atoms with van der Waals surface area (Å²) in [6.45, 7) is -0.556. The van der Waals surface area contributed by atoms with Crippen molar-refractivity contribution in [3.8, 4) is 0 Å². The number of carbonyl (C=O) groups excluding carboxylic acids is 2. The van der Waals surface area contributed by atoms with Crippen molar-refractivity contribution in [3.05, 3.63) is 0 Å². The lowest BCUT2D eigenvalue weighted by Crippen LogP contribution is -2.45. The molecule has 0 aromatic carbocycles. The number of nitrogens with two attached hydrogens (primary N) is 1. The van der Waals surface area contributed by atoms with E-state index in [9.17, 15) is 24.9 Å². The fraction of sp³-hybridized carbons (Fsp3) is 0.818. The van der Waals surface area contributed by atoms with Gasteiger partial charge in [0.05, 0.1) is 18.2 Å². The molecule has 4 unspecified atom stereocenters. The third kappa shape index (κ3) is 7.85. The number of nitrogens with one attached hydrogen (secondary N) is 1. The van der Waals surface area contributed by atoms with Crippen LogP contribution in [0.2, 0.25) is 0 Å². The molecule has 0 aromatic rings. The van der Waals surface area contributed by atoms with Crippen molar-refractivity contribution < 1.29 is 30.0 Å². The molecule has 0 bridgehead atoms. The predicted molar refractivity (Wildman–Crippen MR) is 66.0 cm³/mol. The minimum atomic E-state index is -1.45. The van der Waals surface area contributed by atoms with E-state index in [4.69, 9.17) is 10.8 Å². The number of rotatable bonds is 10. The van der Waals surface area contributed by atoms with Crippen LogP contribution in [-0.4, -0.2) is 70.1 Å². The molecule has 0 aromatic heterocycles. The van der Waals surface area contributed by atoms with Gasteiger partial charge < -0.3 is 36.3 Å². The van der Waals surface area contributed by atoms with Crippen molar-refractivity contribution in [2.75, 3.05) is 13.2 Å². The van der Waals surface area contributed by atoms with E-state index < -0.39 is 30.3 Å². The predicted octanol–water partition coefficient (Wildman–Crippen LogP) is -3.13. The van der Waals surface area contributed by atoms with E-state index >= 15 is 0 Å². The Hall–Kier alpha value is -1.06. The van der Waals surface area contributed by atoms with Crippen LogP contribution >= 0.6 is 0 Å². The fourth-order valence-electron chi connectivity index (χ4n) is 1.35. The van der Waals surface area contributed by atoms with Gasteiger partial charge in [0.15, 0.2) is 0 Å². The van der Waals surface area contributed by atoms with Crippen LogP contribution in [0.4, 0.5) is 0 Å². The van der Waals surface area contributed by atoms with Gasteiger partial charge >= 0.3 is 0 Å². The molecule has 0 rings (SSSR count). The lowest BCUT2D eigenvalue weighted by molar-refractivity contribution is -0.123. The number of hydrogen-bond acceptors (Lipinski definition) is 7. The second kappa shape index (κ2) is 9.82. The first kappa shape index (κ1) is 17.9. The van der Waals surface area contributed by atoms with Gasteiger partial charge in [-0.05, 0) is 12.8 Å². The van der Waals surface area contributed by atoms with Gasteiger partial charge in [-0.2, -0.15) is 0 Å². The molecule has 0 aliphatic heterocycles. The van der Waals surface area contributed by atoms with E-state index in [0.29, 0.717) is 6.29 Å². The molecule has 0 aliphatic carbocycles. The molecular weight excluding hydrogens is 256 g/mol. The molecule has 112 valence electrons. The smallest absolute Gasteiger partial charge is 0.220 e. The maximum atomic E-state index is 11.3. The number of aliphatic hydroxyl groups is 4. The quantitative estimate of drug-likeness (QED) is 0.231. The highest BCUT2D eigenvalue weighted by Gasteiger charge is 2.24. The van der Waals surface area contributed by atoms with Gasteiger partial charge in [0, 0.05) is 19.6 Å². The highest BCUT2D eigenvalue weighted by atomic mass is 16.4. The molecule has 0 saturated heterocycles. The average Bonchev–Trinajstić information content (AvgIpc) is 2.41. The Bertz CT molecular complexity index is 276. The lowest BCUT2D eigenvalue weighted by Gasteiger charge is -2.22. The van der Waals surface area contributed by atoms with Crippen molar-refractivity contribution in [1.29, 1.82) is 0 Å². The minimum absolute atomic E-state index is 0.0297. The highest BCUT2D eigenvalue weighted by Crippen LogP contribution is 2.03. The maximum absolute atomic E-state index is 11.3. The Morgan fingerprint density at radius 2 is 1.84 bits per heavy atom.